The number of unbranched alkanes of at least 4 members (excludes halogenated alkanes) is 1. The second-order valence-electron chi connectivity index (χ2n) is 7.18. The van der Waals surface area contributed by atoms with Crippen LogP contribution in [0.5, 0.6) is 0 Å². The Hall–Kier alpha value is -2.89. The highest BCUT2D eigenvalue weighted by Gasteiger charge is 2.33. The fourth-order valence-corrected chi connectivity index (χ4v) is 3.65. The SMILES string of the molecule is CCCCNC(=O)N1CCC[C@H]1c1nc2cc(-c3ccc(F)cc3)ccc2o1. The Morgan fingerprint density at radius 3 is 2.82 bits per heavy atom. The molecule has 1 fully saturated rings. The number of hydrogen-bond donors (Lipinski definition) is 1. The maximum Gasteiger partial charge on any atom is 0.318 e. The number of nitrogens with zero attached hydrogens (tertiary/aromatic N) is 2. The van der Waals surface area contributed by atoms with Gasteiger partial charge in [-0.25, -0.2) is 14.2 Å². The highest BCUT2D eigenvalue weighted by molar-refractivity contribution is 5.80. The molecule has 1 N–H and O–H groups in total. The lowest BCUT2D eigenvalue weighted by atomic mass is 10.1. The molecule has 0 unspecified atom stereocenters. The molecule has 2 amide bonds. The predicted octanol–water partition coefficient (Wildman–Crippen LogP) is 5.28. The first-order valence-electron chi connectivity index (χ1n) is 9.86. The van der Waals surface area contributed by atoms with Crippen molar-refractivity contribution in [2.45, 2.75) is 38.6 Å². The summed E-state index contributed by atoms with van der Waals surface area (Å²) in [6, 6.07) is 12.0. The van der Waals surface area contributed by atoms with Crippen LogP contribution in [-0.4, -0.2) is 29.0 Å². The second kappa shape index (κ2) is 8.00. The normalized spacial score (nSPS) is 16.6. The van der Waals surface area contributed by atoms with Gasteiger partial charge in [0.15, 0.2) is 5.58 Å². The molecule has 1 atom stereocenters. The number of rotatable bonds is 5. The first-order valence-corrected chi connectivity index (χ1v) is 9.86. The summed E-state index contributed by atoms with van der Waals surface area (Å²) in [6.45, 7) is 3.50. The van der Waals surface area contributed by atoms with Crippen molar-refractivity contribution in [1.82, 2.24) is 15.2 Å². The second-order valence-corrected chi connectivity index (χ2v) is 7.18. The molecule has 1 aromatic heterocycles. The molecule has 1 aliphatic heterocycles. The topological polar surface area (TPSA) is 58.4 Å². The predicted molar refractivity (Wildman–Crippen MR) is 106 cm³/mol. The van der Waals surface area contributed by atoms with Crippen LogP contribution in [0.1, 0.15) is 44.5 Å². The molecule has 1 aliphatic rings. The number of likely N-dealkylation sites (tertiary alicyclic amines) is 1. The van der Waals surface area contributed by atoms with Crippen molar-refractivity contribution in [1.29, 1.82) is 0 Å². The zero-order valence-corrected chi connectivity index (χ0v) is 16.0. The van der Waals surface area contributed by atoms with E-state index in [1.54, 1.807) is 12.1 Å². The number of benzene rings is 2. The molecule has 4 rings (SSSR count). The molecule has 146 valence electrons. The number of urea groups is 1. The van der Waals surface area contributed by atoms with Gasteiger partial charge in [0.25, 0.3) is 0 Å². The van der Waals surface area contributed by atoms with Gasteiger partial charge in [-0.3, -0.25) is 0 Å². The molecule has 6 heteroatoms. The zero-order chi connectivity index (χ0) is 19.5. The summed E-state index contributed by atoms with van der Waals surface area (Å²) < 4.78 is 19.1. The van der Waals surface area contributed by atoms with E-state index in [1.165, 1.54) is 12.1 Å². The molecule has 0 bridgehead atoms. The molecule has 28 heavy (non-hydrogen) atoms. The minimum absolute atomic E-state index is 0.0507. The maximum absolute atomic E-state index is 13.2. The van der Waals surface area contributed by atoms with Crippen LogP contribution in [0, 0.1) is 5.82 Å². The number of oxazole rings is 1. The van der Waals surface area contributed by atoms with Gasteiger partial charge >= 0.3 is 6.03 Å². The summed E-state index contributed by atoms with van der Waals surface area (Å²) in [6.07, 6.45) is 3.80. The van der Waals surface area contributed by atoms with E-state index < -0.39 is 0 Å². The summed E-state index contributed by atoms with van der Waals surface area (Å²) in [4.78, 5) is 19.0. The Labute approximate surface area is 163 Å². The average Bonchev–Trinajstić information content (AvgIpc) is 3.34. The molecule has 0 spiro atoms. The van der Waals surface area contributed by atoms with Gasteiger partial charge < -0.3 is 14.6 Å². The summed E-state index contributed by atoms with van der Waals surface area (Å²) in [5.41, 5.74) is 3.31. The van der Waals surface area contributed by atoms with Crippen molar-refractivity contribution >= 4 is 17.1 Å². The van der Waals surface area contributed by atoms with Crippen molar-refractivity contribution in [2.24, 2.45) is 0 Å². The summed E-state index contributed by atoms with van der Waals surface area (Å²) in [5, 5.41) is 2.98. The molecular weight excluding hydrogens is 357 g/mol. The minimum Gasteiger partial charge on any atom is -0.438 e. The standard InChI is InChI=1S/C22H24FN3O2/c1-2-3-12-24-22(27)26-13-4-5-19(26)21-25-18-14-16(8-11-20(18)28-21)15-6-9-17(23)10-7-15/h6-11,14,19H,2-5,12-13H2,1H3,(H,24,27)/t19-/m0/s1. The Kier molecular flexibility index (Phi) is 5.28. The van der Waals surface area contributed by atoms with Crippen molar-refractivity contribution in [3.8, 4) is 11.1 Å². The van der Waals surface area contributed by atoms with Crippen molar-refractivity contribution in [2.75, 3.05) is 13.1 Å². The fraction of sp³-hybridized carbons (Fsp3) is 0.364. The van der Waals surface area contributed by atoms with Gasteiger partial charge in [0, 0.05) is 13.1 Å². The van der Waals surface area contributed by atoms with E-state index in [4.69, 9.17) is 4.42 Å². The summed E-state index contributed by atoms with van der Waals surface area (Å²) in [5.74, 6) is 0.321. The van der Waals surface area contributed by atoms with E-state index in [9.17, 15) is 9.18 Å². The Morgan fingerprint density at radius 1 is 1.25 bits per heavy atom. The van der Waals surface area contributed by atoms with Gasteiger partial charge in [0.2, 0.25) is 5.89 Å². The number of hydrogen-bond acceptors (Lipinski definition) is 3. The van der Waals surface area contributed by atoms with E-state index in [1.807, 2.05) is 23.1 Å². The smallest absolute Gasteiger partial charge is 0.318 e. The molecule has 2 heterocycles. The molecule has 0 aliphatic carbocycles. The molecule has 2 aromatic carbocycles. The number of nitrogens with one attached hydrogen (secondary N) is 1. The molecule has 1 saturated heterocycles. The third-order valence-corrected chi connectivity index (χ3v) is 5.19. The molecule has 3 aromatic rings. The summed E-state index contributed by atoms with van der Waals surface area (Å²) in [7, 11) is 0. The van der Waals surface area contributed by atoms with Crippen LogP contribution in [0.3, 0.4) is 0 Å². The van der Waals surface area contributed by atoms with Crippen LogP contribution in [0.2, 0.25) is 0 Å². The number of amides is 2. The van der Waals surface area contributed by atoms with Gasteiger partial charge in [-0.1, -0.05) is 31.5 Å². The van der Waals surface area contributed by atoms with Crippen molar-refractivity contribution in [3.05, 3.63) is 54.2 Å². The lowest BCUT2D eigenvalue weighted by molar-refractivity contribution is 0.185. The summed E-state index contributed by atoms with van der Waals surface area (Å²) >= 11 is 0. The van der Waals surface area contributed by atoms with E-state index in [2.05, 4.69) is 17.2 Å². The molecule has 0 saturated carbocycles. The molecular formula is C22H24FN3O2. The minimum atomic E-state index is -0.257. The molecule has 0 radical (unpaired) electrons. The van der Waals surface area contributed by atoms with E-state index >= 15 is 0 Å². The Bertz CT molecular complexity index is 968. The molecule has 5 nitrogen and oxygen atoms in total. The van der Waals surface area contributed by atoms with Crippen LogP contribution in [0.4, 0.5) is 9.18 Å². The van der Waals surface area contributed by atoms with Crippen molar-refractivity contribution in [3.63, 3.8) is 0 Å². The third-order valence-electron chi connectivity index (χ3n) is 5.19. The maximum atomic E-state index is 13.2. The highest BCUT2D eigenvalue weighted by atomic mass is 19.1. The highest BCUT2D eigenvalue weighted by Crippen LogP contribution is 2.34. The van der Waals surface area contributed by atoms with Crippen molar-refractivity contribution < 1.29 is 13.6 Å². The van der Waals surface area contributed by atoms with E-state index in [0.717, 1.165) is 42.3 Å². The van der Waals surface area contributed by atoms with E-state index in [-0.39, 0.29) is 17.9 Å². The van der Waals surface area contributed by atoms with Gasteiger partial charge in [-0.2, -0.15) is 0 Å². The first kappa shape index (κ1) is 18.5. The Balaban J connectivity index is 1.57. The van der Waals surface area contributed by atoms with Crippen LogP contribution in [0.25, 0.3) is 22.2 Å². The Morgan fingerprint density at radius 2 is 2.04 bits per heavy atom. The quantitative estimate of drug-likeness (QED) is 0.612. The fourth-order valence-electron chi connectivity index (χ4n) is 3.65. The monoisotopic (exact) mass is 381 g/mol. The third kappa shape index (κ3) is 3.72. The first-order chi connectivity index (χ1) is 13.7. The van der Waals surface area contributed by atoms with Crippen LogP contribution >= 0.6 is 0 Å². The van der Waals surface area contributed by atoms with Crippen LogP contribution in [0.15, 0.2) is 46.9 Å². The van der Waals surface area contributed by atoms with Gasteiger partial charge in [-0.15, -0.1) is 0 Å². The zero-order valence-electron chi connectivity index (χ0n) is 16.0. The van der Waals surface area contributed by atoms with Gasteiger partial charge in [0.05, 0.1) is 0 Å². The lowest BCUT2D eigenvalue weighted by Gasteiger charge is -2.22. The number of aromatic nitrogens is 1. The number of carbonyl (C=O) groups is 1. The number of halogens is 1. The van der Waals surface area contributed by atoms with Gasteiger partial charge in [0.1, 0.15) is 17.4 Å². The number of carbonyl (C=O) groups excluding carboxylic acids is 1. The van der Waals surface area contributed by atoms with Crippen LogP contribution in [-0.2, 0) is 0 Å². The lowest BCUT2D eigenvalue weighted by Crippen LogP contribution is -2.39. The van der Waals surface area contributed by atoms with Gasteiger partial charge in [-0.05, 0) is 54.7 Å². The van der Waals surface area contributed by atoms with E-state index in [0.29, 0.717) is 24.6 Å². The average molecular weight is 381 g/mol. The largest absolute Gasteiger partial charge is 0.438 e. The number of fused-ring (bicyclic) bond motifs is 1. The van der Waals surface area contributed by atoms with Crippen LogP contribution < -0.4 is 5.32 Å².